The fourth-order valence-electron chi connectivity index (χ4n) is 1.51. The monoisotopic (exact) mass is 188 g/mol. The van der Waals surface area contributed by atoms with E-state index in [1.807, 2.05) is 31.2 Å². The first-order valence-corrected chi connectivity index (χ1v) is 4.42. The molecule has 3 nitrogen and oxygen atoms in total. The molecule has 0 radical (unpaired) electrons. The molecule has 0 unspecified atom stereocenters. The van der Waals surface area contributed by atoms with Crippen molar-refractivity contribution < 1.29 is 4.74 Å². The van der Waals surface area contributed by atoms with Crippen LogP contribution in [0.5, 0.6) is 5.88 Å². The molecule has 0 saturated carbocycles. The van der Waals surface area contributed by atoms with Crippen molar-refractivity contribution >= 4 is 16.6 Å². The van der Waals surface area contributed by atoms with Gasteiger partial charge < -0.3 is 10.5 Å². The van der Waals surface area contributed by atoms with E-state index in [-0.39, 0.29) is 0 Å². The predicted molar refractivity (Wildman–Crippen MR) is 57.4 cm³/mol. The summed E-state index contributed by atoms with van der Waals surface area (Å²) in [6.07, 6.45) is 0. The number of aryl methyl sites for hydroxylation is 1. The SMILES string of the molecule is COc1cc(C)c2cccc(N)c2n1. The molecule has 0 saturated heterocycles. The normalized spacial score (nSPS) is 10.4. The van der Waals surface area contributed by atoms with Gasteiger partial charge in [0.15, 0.2) is 0 Å². The highest BCUT2D eigenvalue weighted by molar-refractivity contribution is 5.91. The minimum absolute atomic E-state index is 0.605. The number of benzene rings is 1. The second-order valence-electron chi connectivity index (χ2n) is 3.22. The number of nitrogens with zero attached hydrogens (tertiary/aromatic N) is 1. The zero-order valence-corrected chi connectivity index (χ0v) is 8.24. The van der Waals surface area contributed by atoms with Gasteiger partial charge in [-0.15, -0.1) is 0 Å². The predicted octanol–water partition coefficient (Wildman–Crippen LogP) is 2.13. The van der Waals surface area contributed by atoms with Crippen LogP contribution in [0.3, 0.4) is 0 Å². The van der Waals surface area contributed by atoms with E-state index in [1.165, 1.54) is 0 Å². The third-order valence-electron chi connectivity index (χ3n) is 2.26. The number of rotatable bonds is 1. The molecule has 0 bridgehead atoms. The molecule has 72 valence electrons. The lowest BCUT2D eigenvalue weighted by Crippen LogP contribution is -1.94. The second-order valence-corrected chi connectivity index (χ2v) is 3.22. The molecule has 0 spiro atoms. The molecule has 3 heteroatoms. The molecule has 2 aromatic rings. The van der Waals surface area contributed by atoms with E-state index in [4.69, 9.17) is 10.5 Å². The summed E-state index contributed by atoms with van der Waals surface area (Å²) in [6.45, 7) is 2.02. The molecule has 0 amide bonds. The Hall–Kier alpha value is -1.77. The number of hydrogen-bond donors (Lipinski definition) is 1. The molecule has 0 fully saturated rings. The summed E-state index contributed by atoms with van der Waals surface area (Å²) in [7, 11) is 1.60. The zero-order valence-electron chi connectivity index (χ0n) is 8.24. The molecule has 1 heterocycles. The van der Waals surface area contributed by atoms with E-state index in [2.05, 4.69) is 4.98 Å². The second kappa shape index (κ2) is 3.18. The first-order chi connectivity index (χ1) is 6.72. The van der Waals surface area contributed by atoms with Crippen molar-refractivity contribution in [2.24, 2.45) is 0 Å². The Bertz CT molecular complexity index is 480. The number of aromatic nitrogens is 1. The van der Waals surface area contributed by atoms with Crippen LogP contribution in [0, 0.1) is 6.92 Å². The van der Waals surface area contributed by atoms with Crippen molar-refractivity contribution in [3.63, 3.8) is 0 Å². The largest absolute Gasteiger partial charge is 0.481 e. The zero-order chi connectivity index (χ0) is 10.1. The van der Waals surface area contributed by atoms with Crippen molar-refractivity contribution in [1.82, 2.24) is 4.98 Å². The van der Waals surface area contributed by atoms with Crippen LogP contribution in [0.1, 0.15) is 5.56 Å². The molecule has 2 N–H and O–H groups in total. The van der Waals surface area contributed by atoms with E-state index in [9.17, 15) is 0 Å². The van der Waals surface area contributed by atoms with E-state index in [1.54, 1.807) is 7.11 Å². The Morgan fingerprint density at radius 2 is 2.14 bits per heavy atom. The fraction of sp³-hybridized carbons (Fsp3) is 0.182. The molecular weight excluding hydrogens is 176 g/mol. The van der Waals surface area contributed by atoms with Crippen LogP contribution in [0.15, 0.2) is 24.3 Å². The quantitative estimate of drug-likeness (QED) is 0.697. The van der Waals surface area contributed by atoms with Crippen LogP contribution in [-0.4, -0.2) is 12.1 Å². The van der Waals surface area contributed by atoms with Crippen molar-refractivity contribution in [1.29, 1.82) is 0 Å². The number of ether oxygens (including phenoxy) is 1. The van der Waals surface area contributed by atoms with E-state index >= 15 is 0 Å². The molecule has 0 aliphatic rings. The maximum Gasteiger partial charge on any atom is 0.213 e. The smallest absolute Gasteiger partial charge is 0.213 e. The number of para-hydroxylation sites is 1. The van der Waals surface area contributed by atoms with Gasteiger partial charge in [0.1, 0.15) is 0 Å². The highest BCUT2D eigenvalue weighted by Crippen LogP contribution is 2.25. The molecule has 0 atom stereocenters. The number of fused-ring (bicyclic) bond motifs is 1. The summed E-state index contributed by atoms with van der Waals surface area (Å²) in [5.74, 6) is 0.605. The highest BCUT2D eigenvalue weighted by atomic mass is 16.5. The highest BCUT2D eigenvalue weighted by Gasteiger charge is 2.04. The Balaban J connectivity index is 2.83. The number of hydrogen-bond acceptors (Lipinski definition) is 3. The van der Waals surface area contributed by atoms with Gasteiger partial charge in [0.2, 0.25) is 5.88 Å². The number of methoxy groups -OCH3 is 1. The van der Waals surface area contributed by atoms with Crippen molar-refractivity contribution in [2.75, 3.05) is 12.8 Å². The average Bonchev–Trinajstić information content (AvgIpc) is 2.19. The van der Waals surface area contributed by atoms with Gasteiger partial charge in [-0.25, -0.2) is 4.98 Å². The topological polar surface area (TPSA) is 48.1 Å². The summed E-state index contributed by atoms with van der Waals surface area (Å²) in [6, 6.07) is 7.68. The summed E-state index contributed by atoms with van der Waals surface area (Å²) in [4.78, 5) is 4.31. The maximum absolute atomic E-state index is 5.83. The van der Waals surface area contributed by atoms with Crippen molar-refractivity contribution in [2.45, 2.75) is 6.92 Å². The first kappa shape index (κ1) is 8.81. The fourth-order valence-corrected chi connectivity index (χ4v) is 1.51. The first-order valence-electron chi connectivity index (χ1n) is 4.42. The van der Waals surface area contributed by atoms with Crippen LogP contribution >= 0.6 is 0 Å². The van der Waals surface area contributed by atoms with Crippen molar-refractivity contribution in [3.8, 4) is 5.88 Å². The molecule has 1 aromatic heterocycles. The lowest BCUT2D eigenvalue weighted by atomic mass is 10.1. The van der Waals surface area contributed by atoms with Gasteiger partial charge in [-0.3, -0.25) is 0 Å². The number of anilines is 1. The van der Waals surface area contributed by atoms with Crippen LogP contribution in [0.4, 0.5) is 5.69 Å². The maximum atomic E-state index is 5.83. The van der Waals surface area contributed by atoms with E-state index < -0.39 is 0 Å². The van der Waals surface area contributed by atoms with Crippen LogP contribution < -0.4 is 10.5 Å². The Morgan fingerprint density at radius 1 is 1.36 bits per heavy atom. The Morgan fingerprint density at radius 3 is 2.86 bits per heavy atom. The van der Waals surface area contributed by atoms with Crippen LogP contribution in [0.2, 0.25) is 0 Å². The summed E-state index contributed by atoms with van der Waals surface area (Å²) in [5.41, 5.74) is 8.45. The molecule has 0 aliphatic heterocycles. The summed E-state index contributed by atoms with van der Waals surface area (Å²) >= 11 is 0. The van der Waals surface area contributed by atoms with E-state index in [0.29, 0.717) is 11.6 Å². The van der Waals surface area contributed by atoms with Gasteiger partial charge in [-0.2, -0.15) is 0 Å². The van der Waals surface area contributed by atoms with Gasteiger partial charge in [-0.1, -0.05) is 12.1 Å². The van der Waals surface area contributed by atoms with Crippen LogP contribution in [0.25, 0.3) is 10.9 Å². The van der Waals surface area contributed by atoms with Gasteiger partial charge in [0, 0.05) is 11.5 Å². The average molecular weight is 188 g/mol. The standard InChI is InChI=1S/C11H12N2O/c1-7-6-10(14-2)13-11-8(7)4-3-5-9(11)12/h3-6H,12H2,1-2H3. The molecular formula is C11H12N2O. The third-order valence-corrected chi connectivity index (χ3v) is 2.26. The lowest BCUT2D eigenvalue weighted by Gasteiger charge is -2.06. The van der Waals surface area contributed by atoms with E-state index in [0.717, 1.165) is 16.5 Å². The molecule has 2 rings (SSSR count). The van der Waals surface area contributed by atoms with Gasteiger partial charge in [-0.05, 0) is 18.6 Å². The number of nitrogen functional groups attached to an aromatic ring is 1. The minimum Gasteiger partial charge on any atom is -0.481 e. The Kier molecular flexibility index (Phi) is 2.00. The van der Waals surface area contributed by atoms with Gasteiger partial charge in [0.25, 0.3) is 0 Å². The number of pyridine rings is 1. The van der Waals surface area contributed by atoms with Gasteiger partial charge in [0.05, 0.1) is 18.3 Å². The summed E-state index contributed by atoms with van der Waals surface area (Å²) < 4.78 is 5.09. The Labute approximate surface area is 82.5 Å². The number of nitrogens with two attached hydrogens (primary N) is 1. The molecule has 0 aliphatic carbocycles. The molecule has 1 aromatic carbocycles. The minimum atomic E-state index is 0.605. The van der Waals surface area contributed by atoms with Gasteiger partial charge >= 0.3 is 0 Å². The molecule has 14 heavy (non-hydrogen) atoms. The van der Waals surface area contributed by atoms with Crippen molar-refractivity contribution in [3.05, 3.63) is 29.8 Å². The third kappa shape index (κ3) is 1.27. The summed E-state index contributed by atoms with van der Waals surface area (Å²) in [5, 5.41) is 1.07. The lowest BCUT2D eigenvalue weighted by molar-refractivity contribution is 0.399. The van der Waals surface area contributed by atoms with Crippen LogP contribution in [-0.2, 0) is 0 Å².